The van der Waals surface area contributed by atoms with Crippen LogP contribution < -0.4 is 0 Å². The molecule has 3 rings (SSSR count). The van der Waals surface area contributed by atoms with Gasteiger partial charge in [0.15, 0.2) is 0 Å². The van der Waals surface area contributed by atoms with E-state index in [9.17, 15) is 9.90 Å². The number of hydrogen-bond acceptors (Lipinski definition) is 4. The van der Waals surface area contributed by atoms with Crippen molar-refractivity contribution in [2.24, 2.45) is 0 Å². The van der Waals surface area contributed by atoms with Crippen molar-refractivity contribution in [3.63, 3.8) is 0 Å². The van der Waals surface area contributed by atoms with Gasteiger partial charge in [0.05, 0.1) is 18.8 Å². The molecule has 2 N–H and O–H groups in total. The molecular formula is C22H26N4O2. The number of H-pyrrole nitrogens is 1. The highest BCUT2D eigenvalue weighted by Gasteiger charge is 2.13. The second kappa shape index (κ2) is 8.82. The molecule has 1 amide bonds. The number of carbonyl (C=O) groups is 1. The van der Waals surface area contributed by atoms with Crippen LogP contribution in [0.4, 0.5) is 0 Å². The second-order valence-corrected chi connectivity index (χ2v) is 7.21. The lowest BCUT2D eigenvalue weighted by Crippen LogP contribution is -2.26. The van der Waals surface area contributed by atoms with E-state index in [0.717, 1.165) is 34.5 Å². The minimum Gasteiger partial charge on any atom is -0.392 e. The number of aromatic amines is 1. The van der Waals surface area contributed by atoms with Crippen LogP contribution in [0, 0.1) is 0 Å². The molecule has 0 spiro atoms. The van der Waals surface area contributed by atoms with E-state index in [1.54, 1.807) is 18.1 Å². The van der Waals surface area contributed by atoms with Crippen molar-refractivity contribution in [1.82, 2.24) is 20.0 Å². The van der Waals surface area contributed by atoms with Gasteiger partial charge in [-0.05, 0) is 54.5 Å². The van der Waals surface area contributed by atoms with E-state index in [2.05, 4.69) is 21.2 Å². The van der Waals surface area contributed by atoms with Crippen LogP contribution in [0.3, 0.4) is 0 Å². The van der Waals surface area contributed by atoms with Crippen molar-refractivity contribution in [3.8, 4) is 11.1 Å². The highest BCUT2D eigenvalue weighted by atomic mass is 16.3. The molecule has 6 heteroatoms. The summed E-state index contributed by atoms with van der Waals surface area (Å²) in [4.78, 5) is 16.4. The molecule has 28 heavy (non-hydrogen) atoms. The molecule has 0 aliphatic heterocycles. The van der Waals surface area contributed by atoms with Crippen LogP contribution in [0.1, 0.15) is 27.2 Å². The first-order chi connectivity index (χ1) is 13.5. The molecule has 1 aromatic heterocycles. The summed E-state index contributed by atoms with van der Waals surface area (Å²) in [6.45, 7) is 1.27. The van der Waals surface area contributed by atoms with Gasteiger partial charge in [-0.2, -0.15) is 5.10 Å². The number of aromatic nitrogens is 2. The summed E-state index contributed by atoms with van der Waals surface area (Å²) in [6, 6.07) is 15.5. The van der Waals surface area contributed by atoms with Crippen molar-refractivity contribution < 1.29 is 9.90 Å². The van der Waals surface area contributed by atoms with Crippen LogP contribution in [0.25, 0.3) is 11.1 Å². The Bertz CT molecular complexity index is 918. The summed E-state index contributed by atoms with van der Waals surface area (Å²) >= 11 is 0. The molecular weight excluding hydrogens is 352 g/mol. The maximum Gasteiger partial charge on any atom is 0.253 e. The zero-order chi connectivity index (χ0) is 20.1. The number of benzene rings is 2. The Morgan fingerprint density at radius 3 is 2.39 bits per heavy atom. The molecule has 0 atom stereocenters. The van der Waals surface area contributed by atoms with E-state index in [-0.39, 0.29) is 12.5 Å². The van der Waals surface area contributed by atoms with E-state index >= 15 is 0 Å². The van der Waals surface area contributed by atoms with Crippen LogP contribution in [0.15, 0.2) is 54.7 Å². The molecule has 0 fully saturated rings. The molecule has 146 valence electrons. The third-order valence-corrected chi connectivity index (χ3v) is 4.59. The van der Waals surface area contributed by atoms with E-state index in [4.69, 9.17) is 0 Å². The van der Waals surface area contributed by atoms with Crippen molar-refractivity contribution in [2.75, 3.05) is 21.1 Å². The topological polar surface area (TPSA) is 72.5 Å². The first-order valence-electron chi connectivity index (χ1n) is 9.19. The molecule has 0 aliphatic carbocycles. The summed E-state index contributed by atoms with van der Waals surface area (Å²) < 4.78 is 0. The van der Waals surface area contributed by atoms with Crippen molar-refractivity contribution in [2.45, 2.75) is 19.7 Å². The van der Waals surface area contributed by atoms with Crippen molar-refractivity contribution >= 4 is 5.91 Å². The predicted molar refractivity (Wildman–Crippen MR) is 110 cm³/mol. The SMILES string of the molecule is CN(C)Cc1ccc(-c2ccc(C(=O)N(C)Cc3ccn[nH]3)cc2)c(CO)c1. The van der Waals surface area contributed by atoms with Crippen LogP contribution >= 0.6 is 0 Å². The van der Waals surface area contributed by atoms with Gasteiger partial charge in [-0.25, -0.2) is 0 Å². The van der Waals surface area contributed by atoms with Gasteiger partial charge in [-0.1, -0.05) is 30.3 Å². The monoisotopic (exact) mass is 378 g/mol. The summed E-state index contributed by atoms with van der Waals surface area (Å²) in [7, 11) is 5.81. The predicted octanol–water partition coefficient (Wildman–Crippen LogP) is 2.90. The van der Waals surface area contributed by atoms with Gasteiger partial charge in [0.2, 0.25) is 0 Å². The maximum atomic E-state index is 12.6. The lowest BCUT2D eigenvalue weighted by Gasteiger charge is -2.17. The average Bonchev–Trinajstić information content (AvgIpc) is 3.20. The maximum absolute atomic E-state index is 12.6. The normalized spacial score (nSPS) is 11.0. The summed E-state index contributed by atoms with van der Waals surface area (Å²) in [5.41, 5.74) is 5.52. The third-order valence-electron chi connectivity index (χ3n) is 4.59. The van der Waals surface area contributed by atoms with Gasteiger partial charge in [0.25, 0.3) is 5.91 Å². The van der Waals surface area contributed by atoms with Gasteiger partial charge in [-0.3, -0.25) is 9.89 Å². The Morgan fingerprint density at radius 1 is 1.04 bits per heavy atom. The first kappa shape index (κ1) is 19.8. The van der Waals surface area contributed by atoms with Crippen LogP contribution in [0.2, 0.25) is 0 Å². The summed E-state index contributed by atoms with van der Waals surface area (Å²) in [5.74, 6) is -0.0511. The number of rotatable bonds is 7. The molecule has 0 bridgehead atoms. The van der Waals surface area contributed by atoms with Gasteiger partial charge in [0.1, 0.15) is 0 Å². The Hall–Kier alpha value is -2.96. The number of nitrogens with one attached hydrogen (secondary N) is 1. The van der Waals surface area contributed by atoms with E-state index in [1.807, 2.05) is 56.6 Å². The third kappa shape index (κ3) is 4.65. The minimum atomic E-state index is -0.0511. The number of hydrogen-bond donors (Lipinski definition) is 2. The number of aliphatic hydroxyl groups is 1. The minimum absolute atomic E-state index is 0.0236. The zero-order valence-corrected chi connectivity index (χ0v) is 16.5. The first-order valence-corrected chi connectivity index (χ1v) is 9.19. The molecule has 0 unspecified atom stereocenters. The molecule has 3 aromatic rings. The highest BCUT2D eigenvalue weighted by Crippen LogP contribution is 2.26. The van der Waals surface area contributed by atoms with Gasteiger partial charge >= 0.3 is 0 Å². The fraction of sp³-hybridized carbons (Fsp3) is 0.273. The highest BCUT2D eigenvalue weighted by molar-refractivity contribution is 5.94. The second-order valence-electron chi connectivity index (χ2n) is 7.21. The molecule has 6 nitrogen and oxygen atoms in total. The van der Waals surface area contributed by atoms with Crippen molar-refractivity contribution in [1.29, 1.82) is 0 Å². The summed E-state index contributed by atoms with van der Waals surface area (Å²) in [6.07, 6.45) is 1.67. The smallest absolute Gasteiger partial charge is 0.253 e. The van der Waals surface area contributed by atoms with Gasteiger partial charge in [0, 0.05) is 25.4 Å². The lowest BCUT2D eigenvalue weighted by molar-refractivity contribution is 0.0783. The van der Waals surface area contributed by atoms with Crippen molar-refractivity contribution in [3.05, 3.63) is 77.1 Å². The molecule has 2 aromatic carbocycles. The number of aliphatic hydroxyl groups excluding tert-OH is 1. The van der Waals surface area contributed by atoms with Gasteiger partial charge < -0.3 is 14.9 Å². The molecule has 1 heterocycles. The quantitative estimate of drug-likeness (QED) is 0.663. The fourth-order valence-corrected chi connectivity index (χ4v) is 3.24. The van der Waals surface area contributed by atoms with E-state index in [1.165, 1.54) is 0 Å². The lowest BCUT2D eigenvalue weighted by atomic mass is 9.96. The Balaban J connectivity index is 1.77. The summed E-state index contributed by atoms with van der Waals surface area (Å²) in [5, 5.41) is 16.6. The van der Waals surface area contributed by atoms with Gasteiger partial charge in [-0.15, -0.1) is 0 Å². The average molecular weight is 378 g/mol. The Morgan fingerprint density at radius 2 is 1.79 bits per heavy atom. The van der Waals surface area contributed by atoms with Crippen LogP contribution in [-0.4, -0.2) is 52.2 Å². The fourth-order valence-electron chi connectivity index (χ4n) is 3.24. The Labute approximate surface area is 165 Å². The van der Waals surface area contributed by atoms with Crippen LogP contribution in [0.5, 0.6) is 0 Å². The molecule has 0 saturated carbocycles. The standard InChI is InChI=1S/C22H26N4O2/c1-25(2)13-16-4-9-21(19(12-16)15-27)17-5-7-18(8-6-17)22(28)26(3)14-20-10-11-23-24-20/h4-12,27H,13-15H2,1-3H3,(H,23,24). The molecule has 0 radical (unpaired) electrons. The molecule has 0 saturated heterocycles. The van der Waals surface area contributed by atoms with Crippen LogP contribution in [-0.2, 0) is 19.7 Å². The zero-order valence-electron chi connectivity index (χ0n) is 16.5. The largest absolute Gasteiger partial charge is 0.392 e. The number of carbonyl (C=O) groups excluding carboxylic acids is 1. The Kier molecular flexibility index (Phi) is 6.23. The number of nitrogens with zero attached hydrogens (tertiary/aromatic N) is 3. The molecule has 0 aliphatic rings. The van der Waals surface area contributed by atoms with E-state index in [0.29, 0.717) is 12.1 Å². The number of amides is 1. The van der Waals surface area contributed by atoms with E-state index < -0.39 is 0 Å².